The summed E-state index contributed by atoms with van der Waals surface area (Å²) in [5.41, 5.74) is 5.12. The highest BCUT2D eigenvalue weighted by atomic mass is 32.2. The lowest BCUT2D eigenvalue weighted by atomic mass is 10.3. The number of methoxy groups -OCH3 is 1. The van der Waals surface area contributed by atoms with E-state index < -0.39 is 15.9 Å². The third-order valence-electron chi connectivity index (χ3n) is 2.79. The maximum absolute atomic E-state index is 12.5. The van der Waals surface area contributed by atoms with Gasteiger partial charge < -0.3 is 10.5 Å². The van der Waals surface area contributed by atoms with Crippen molar-refractivity contribution in [2.45, 2.75) is 24.7 Å². The Kier molecular flexibility index (Phi) is 5.97. The van der Waals surface area contributed by atoms with E-state index in [1.807, 2.05) is 6.92 Å². The van der Waals surface area contributed by atoms with Gasteiger partial charge in [-0.15, -0.1) is 0 Å². The van der Waals surface area contributed by atoms with E-state index in [1.165, 1.54) is 19.2 Å². The van der Waals surface area contributed by atoms with Gasteiger partial charge in [-0.1, -0.05) is 13.3 Å². The van der Waals surface area contributed by atoms with Crippen molar-refractivity contribution >= 4 is 15.9 Å². The lowest BCUT2D eigenvalue weighted by Gasteiger charge is -2.20. The average Bonchev–Trinajstić information content (AvgIpc) is 2.43. The molecule has 112 valence electrons. The van der Waals surface area contributed by atoms with Crippen LogP contribution in [0.15, 0.2) is 29.2 Å². The molecule has 0 fully saturated rings. The maximum Gasteiger partial charge on any atom is 0.243 e. The van der Waals surface area contributed by atoms with E-state index in [9.17, 15) is 13.2 Å². The van der Waals surface area contributed by atoms with E-state index >= 15 is 0 Å². The molecule has 0 aliphatic rings. The number of rotatable bonds is 8. The number of carbonyl (C=O) groups excluding carboxylic acids is 1. The topological polar surface area (TPSA) is 89.7 Å². The molecule has 0 aliphatic carbocycles. The summed E-state index contributed by atoms with van der Waals surface area (Å²) in [6.45, 7) is 1.91. The highest BCUT2D eigenvalue weighted by Crippen LogP contribution is 2.19. The van der Waals surface area contributed by atoms with Crippen LogP contribution in [0.3, 0.4) is 0 Å². The average molecular weight is 300 g/mol. The van der Waals surface area contributed by atoms with Gasteiger partial charge in [0, 0.05) is 6.54 Å². The molecule has 0 saturated heterocycles. The Morgan fingerprint density at radius 1 is 1.30 bits per heavy atom. The van der Waals surface area contributed by atoms with Crippen molar-refractivity contribution in [1.82, 2.24) is 4.31 Å². The van der Waals surface area contributed by atoms with Gasteiger partial charge in [0.1, 0.15) is 5.75 Å². The number of amides is 1. The minimum absolute atomic E-state index is 0.121. The van der Waals surface area contributed by atoms with Crippen LogP contribution in [0, 0.1) is 0 Å². The van der Waals surface area contributed by atoms with Gasteiger partial charge in [-0.05, 0) is 30.7 Å². The summed E-state index contributed by atoms with van der Waals surface area (Å²) in [6, 6.07) is 6.03. The molecule has 1 amide bonds. The van der Waals surface area contributed by atoms with Crippen LogP contribution in [-0.2, 0) is 14.8 Å². The first-order valence-corrected chi connectivity index (χ1v) is 7.78. The molecule has 0 radical (unpaired) electrons. The Hall–Kier alpha value is -1.60. The van der Waals surface area contributed by atoms with Gasteiger partial charge in [0.25, 0.3) is 0 Å². The van der Waals surface area contributed by atoms with Crippen LogP contribution in [0.25, 0.3) is 0 Å². The second-order valence-corrected chi connectivity index (χ2v) is 6.27. The van der Waals surface area contributed by atoms with Crippen molar-refractivity contribution in [2.24, 2.45) is 5.73 Å². The number of ether oxygens (including phenoxy) is 1. The molecule has 0 atom stereocenters. The van der Waals surface area contributed by atoms with Crippen LogP contribution < -0.4 is 10.5 Å². The van der Waals surface area contributed by atoms with E-state index in [2.05, 4.69) is 0 Å². The SMILES string of the molecule is CCCCN(CC(N)=O)S(=O)(=O)c1ccc(OC)cc1. The Morgan fingerprint density at radius 2 is 1.90 bits per heavy atom. The molecule has 6 nitrogen and oxygen atoms in total. The molecule has 7 heteroatoms. The Balaban J connectivity index is 3.03. The second-order valence-electron chi connectivity index (χ2n) is 4.33. The Morgan fingerprint density at radius 3 is 2.35 bits per heavy atom. The van der Waals surface area contributed by atoms with Crippen LogP contribution in [0.5, 0.6) is 5.75 Å². The zero-order valence-corrected chi connectivity index (χ0v) is 12.5. The van der Waals surface area contributed by atoms with Crippen molar-refractivity contribution in [2.75, 3.05) is 20.2 Å². The summed E-state index contributed by atoms with van der Waals surface area (Å²) >= 11 is 0. The maximum atomic E-state index is 12.5. The molecule has 1 aromatic rings. The van der Waals surface area contributed by atoms with Crippen LogP contribution in [0.1, 0.15) is 19.8 Å². The zero-order valence-electron chi connectivity index (χ0n) is 11.7. The van der Waals surface area contributed by atoms with Gasteiger partial charge in [0.05, 0.1) is 18.6 Å². The molecule has 0 aromatic heterocycles. The van der Waals surface area contributed by atoms with Crippen LogP contribution in [0.2, 0.25) is 0 Å². The molecule has 2 N–H and O–H groups in total. The number of hydrogen-bond acceptors (Lipinski definition) is 4. The largest absolute Gasteiger partial charge is 0.497 e. The van der Waals surface area contributed by atoms with E-state index in [4.69, 9.17) is 10.5 Å². The van der Waals surface area contributed by atoms with Gasteiger partial charge in [-0.3, -0.25) is 4.79 Å². The summed E-state index contributed by atoms with van der Waals surface area (Å²) < 4.78 is 31.0. The first-order valence-electron chi connectivity index (χ1n) is 6.34. The molecule has 0 heterocycles. The number of sulfonamides is 1. The van der Waals surface area contributed by atoms with Crippen LogP contribution in [-0.4, -0.2) is 38.8 Å². The number of hydrogen-bond donors (Lipinski definition) is 1. The van der Waals surface area contributed by atoms with Crippen LogP contribution >= 0.6 is 0 Å². The highest BCUT2D eigenvalue weighted by molar-refractivity contribution is 7.89. The predicted molar refractivity (Wildman–Crippen MR) is 75.9 cm³/mol. The fraction of sp³-hybridized carbons (Fsp3) is 0.462. The monoisotopic (exact) mass is 300 g/mol. The molecule has 0 bridgehead atoms. The molecule has 1 aromatic carbocycles. The van der Waals surface area contributed by atoms with Crippen molar-refractivity contribution in [3.05, 3.63) is 24.3 Å². The van der Waals surface area contributed by atoms with E-state index in [0.717, 1.165) is 10.7 Å². The molecule has 1 rings (SSSR count). The molecule has 0 spiro atoms. The highest BCUT2D eigenvalue weighted by Gasteiger charge is 2.25. The molecule has 0 saturated carbocycles. The van der Waals surface area contributed by atoms with E-state index in [0.29, 0.717) is 12.2 Å². The number of benzene rings is 1. The lowest BCUT2D eigenvalue weighted by molar-refractivity contribution is -0.118. The first kappa shape index (κ1) is 16.5. The number of carbonyl (C=O) groups is 1. The Bertz CT molecular complexity index is 540. The summed E-state index contributed by atoms with van der Waals surface area (Å²) in [5.74, 6) is -0.0999. The van der Waals surface area contributed by atoms with Gasteiger partial charge in [-0.2, -0.15) is 4.31 Å². The van der Waals surface area contributed by atoms with E-state index in [-0.39, 0.29) is 18.0 Å². The minimum Gasteiger partial charge on any atom is -0.497 e. The lowest BCUT2D eigenvalue weighted by Crippen LogP contribution is -2.39. The Labute approximate surface area is 119 Å². The standard InChI is InChI=1S/C13H20N2O4S/c1-3-4-9-15(10-13(14)16)20(17,18)12-7-5-11(19-2)6-8-12/h5-8H,3-4,9-10H2,1-2H3,(H2,14,16). The quantitative estimate of drug-likeness (QED) is 0.774. The third-order valence-corrected chi connectivity index (χ3v) is 4.65. The number of nitrogens with zero attached hydrogens (tertiary/aromatic N) is 1. The summed E-state index contributed by atoms with van der Waals surface area (Å²) in [7, 11) is -2.21. The van der Waals surface area contributed by atoms with Gasteiger partial charge >= 0.3 is 0 Å². The molecule has 0 unspecified atom stereocenters. The summed E-state index contributed by atoms with van der Waals surface area (Å²) in [4.78, 5) is 11.2. The smallest absolute Gasteiger partial charge is 0.243 e. The fourth-order valence-corrected chi connectivity index (χ4v) is 3.13. The van der Waals surface area contributed by atoms with Crippen LogP contribution in [0.4, 0.5) is 0 Å². The van der Waals surface area contributed by atoms with Crippen molar-refractivity contribution in [1.29, 1.82) is 0 Å². The van der Waals surface area contributed by atoms with Gasteiger partial charge in [-0.25, -0.2) is 8.42 Å². The normalized spacial score (nSPS) is 11.6. The molecular weight excluding hydrogens is 280 g/mol. The second kappa shape index (κ2) is 7.25. The summed E-state index contributed by atoms with van der Waals surface area (Å²) in [6.07, 6.45) is 1.50. The number of nitrogens with two attached hydrogens (primary N) is 1. The third kappa shape index (κ3) is 4.21. The predicted octanol–water partition coefficient (Wildman–Crippen LogP) is 0.971. The molecule has 20 heavy (non-hydrogen) atoms. The molecule has 0 aliphatic heterocycles. The number of unbranched alkanes of at least 4 members (excludes halogenated alkanes) is 1. The summed E-state index contributed by atoms with van der Waals surface area (Å²) in [5, 5.41) is 0. The van der Waals surface area contributed by atoms with Gasteiger partial charge in [0.15, 0.2) is 0 Å². The first-order chi connectivity index (χ1) is 9.41. The number of primary amides is 1. The zero-order chi connectivity index (χ0) is 15.2. The minimum atomic E-state index is -3.72. The van der Waals surface area contributed by atoms with Gasteiger partial charge in [0.2, 0.25) is 15.9 Å². The fourth-order valence-electron chi connectivity index (χ4n) is 1.69. The van der Waals surface area contributed by atoms with Crippen molar-refractivity contribution < 1.29 is 17.9 Å². The molecular formula is C13H20N2O4S. The van der Waals surface area contributed by atoms with Crippen molar-refractivity contribution in [3.63, 3.8) is 0 Å². The van der Waals surface area contributed by atoms with E-state index in [1.54, 1.807) is 12.1 Å². The van der Waals surface area contributed by atoms with Crippen molar-refractivity contribution in [3.8, 4) is 5.75 Å².